The lowest BCUT2D eigenvalue weighted by molar-refractivity contribution is -0.389. The lowest BCUT2D eigenvalue weighted by atomic mass is 10.3. The van der Waals surface area contributed by atoms with Crippen molar-refractivity contribution in [2.24, 2.45) is 7.05 Å². The summed E-state index contributed by atoms with van der Waals surface area (Å²) in [6.45, 7) is 4.05. The van der Waals surface area contributed by atoms with Crippen molar-refractivity contribution in [1.82, 2.24) is 29.8 Å². The van der Waals surface area contributed by atoms with Gasteiger partial charge in [0.25, 0.3) is 5.89 Å². The minimum Gasteiger partial charge on any atom is -0.421 e. The second kappa shape index (κ2) is 5.63. The molecule has 0 amide bonds. The number of aromatic nitrogens is 6. The molecule has 0 aliphatic carbocycles. The van der Waals surface area contributed by atoms with Crippen molar-refractivity contribution < 1.29 is 9.34 Å². The molecule has 0 fully saturated rings. The molecule has 120 valence electrons. The highest BCUT2D eigenvalue weighted by Gasteiger charge is 2.17. The van der Waals surface area contributed by atoms with Gasteiger partial charge in [0.15, 0.2) is 0 Å². The lowest BCUT2D eigenvalue weighted by Gasteiger charge is -1.96. The maximum Gasteiger partial charge on any atom is 0.390 e. The highest BCUT2D eigenvalue weighted by molar-refractivity contribution is 5.54. The molecule has 0 aliphatic heterocycles. The summed E-state index contributed by atoms with van der Waals surface area (Å²) in [4.78, 5) is 10.2. The standard InChI is InChI=1S/C13H15N7O3/c1-8-6-11(20(21)22)17-19(8)5-4-12-14-15-13(23-12)10-7-18(3)16-9(10)2/h6-7H,4-5H2,1-3H3. The summed E-state index contributed by atoms with van der Waals surface area (Å²) in [5.41, 5.74) is 2.30. The van der Waals surface area contributed by atoms with E-state index in [-0.39, 0.29) is 5.82 Å². The van der Waals surface area contributed by atoms with E-state index in [2.05, 4.69) is 20.4 Å². The quantitative estimate of drug-likeness (QED) is 0.516. The van der Waals surface area contributed by atoms with Crippen LogP contribution in [0.15, 0.2) is 16.7 Å². The summed E-state index contributed by atoms with van der Waals surface area (Å²) in [5, 5.41) is 26.9. The fourth-order valence-corrected chi connectivity index (χ4v) is 2.28. The van der Waals surface area contributed by atoms with Gasteiger partial charge in [-0.25, -0.2) is 0 Å². The Morgan fingerprint density at radius 3 is 2.70 bits per heavy atom. The lowest BCUT2D eigenvalue weighted by Crippen LogP contribution is -2.05. The third-order valence-corrected chi connectivity index (χ3v) is 3.40. The highest BCUT2D eigenvalue weighted by Crippen LogP contribution is 2.21. The molecular formula is C13H15N7O3. The Kier molecular flexibility index (Phi) is 3.64. The molecule has 3 rings (SSSR count). The molecule has 10 nitrogen and oxygen atoms in total. The smallest absolute Gasteiger partial charge is 0.390 e. The van der Waals surface area contributed by atoms with E-state index >= 15 is 0 Å². The Morgan fingerprint density at radius 1 is 1.30 bits per heavy atom. The van der Waals surface area contributed by atoms with Crippen LogP contribution in [-0.4, -0.2) is 34.7 Å². The van der Waals surface area contributed by atoms with Gasteiger partial charge in [0, 0.05) is 19.7 Å². The zero-order chi connectivity index (χ0) is 16.6. The van der Waals surface area contributed by atoms with Gasteiger partial charge in [-0.15, -0.1) is 10.2 Å². The van der Waals surface area contributed by atoms with Crippen LogP contribution in [0.2, 0.25) is 0 Å². The fraction of sp³-hybridized carbons (Fsp3) is 0.385. The Morgan fingerprint density at radius 2 is 2.09 bits per heavy atom. The van der Waals surface area contributed by atoms with Gasteiger partial charge in [-0.3, -0.25) is 4.68 Å². The number of nitro groups is 1. The summed E-state index contributed by atoms with van der Waals surface area (Å²) in [6.07, 6.45) is 2.25. The second-order valence-corrected chi connectivity index (χ2v) is 5.18. The van der Waals surface area contributed by atoms with Gasteiger partial charge in [0.2, 0.25) is 5.89 Å². The average molecular weight is 317 g/mol. The van der Waals surface area contributed by atoms with Gasteiger partial charge in [0.1, 0.15) is 0 Å². The summed E-state index contributed by atoms with van der Waals surface area (Å²) < 4.78 is 8.86. The first-order valence-corrected chi connectivity index (χ1v) is 6.96. The molecular weight excluding hydrogens is 302 g/mol. The molecule has 0 spiro atoms. The molecule has 3 aromatic heterocycles. The Labute approximate surface area is 130 Å². The van der Waals surface area contributed by atoms with Crippen molar-refractivity contribution in [2.75, 3.05) is 0 Å². The molecule has 0 radical (unpaired) electrons. The number of hydrogen-bond donors (Lipinski definition) is 0. The maximum atomic E-state index is 10.7. The Balaban J connectivity index is 1.72. The molecule has 0 aliphatic rings. The van der Waals surface area contributed by atoms with Gasteiger partial charge in [-0.2, -0.15) is 9.78 Å². The first-order valence-electron chi connectivity index (χ1n) is 6.96. The van der Waals surface area contributed by atoms with E-state index in [0.29, 0.717) is 30.4 Å². The van der Waals surface area contributed by atoms with E-state index < -0.39 is 4.92 Å². The van der Waals surface area contributed by atoms with Gasteiger partial charge >= 0.3 is 5.82 Å². The van der Waals surface area contributed by atoms with Crippen LogP contribution in [-0.2, 0) is 20.0 Å². The van der Waals surface area contributed by atoms with Crippen LogP contribution in [0.25, 0.3) is 11.5 Å². The van der Waals surface area contributed by atoms with Crippen molar-refractivity contribution in [3.05, 3.63) is 39.7 Å². The molecule has 0 N–H and O–H groups in total. The van der Waals surface area contributed by atoms with Gasteiger partial charge in [-0.05, 0) is 18.8 Å². The van der Waals surface area contributed by atoms with Crippen LogP contribution in [0, 0.1) is 24.0 Å². The van der Waals surface area contributed by atoms with Crippen LogP contribution in [0.5, 0.6) is 0 Å². The minimum absolute atomic E-state index is 0.167. The van der Waals surface area contributed by atoms with E-state index in [1.807, 2.05) is 20.2 Å². The van der Waals surface area contributed by atoms with E-state index in [4.69, 9.17) is 4.42 Å². The van der Waals surface area contributed by atoms with Crippen LogP contribution in [0.1, 0.15) is 17.3 Å². The second-order valence-electron chi connectivity index (χ2n) is 5.18. The topological polar surface area (TPSA) is 118 Å². The van der Waals surface area contributed by atoms with Crippen LogP contribution >= 0.6 is 0 Å². The molecule has 0 bridgehead atoms. The van der Waals surface area contributed by atoms with Gasteiger partial charge in [-0.1, -0.05) is 0 Å². The Hall–Kier alpha value is -3.04. The molecule has 3 heterocycles. The first kappa shape index (κ1) is 14.9. The Bertz CT molecular complexity index is 861. The van der Waals surface area contributed by atoms with Crippen LogP contribution < -0.4 is 0 Å². The molecule has 0 aromatic carbocycles. The summed E-state index contributed by atoms with van der Waals surface area (Å²) in [7, 11) is 1.82. The third-order valence-electron chi connectivity index (χ3n) is 3.40. The van der Waals surface area contributed by atoms with Crippen LogP contribution in [0.4, 0.5) is 5.82 Å². The first-order chi connectivity index (χ1) is 10.9. The van der Waals surface area contributed by atoms with Gasteiger partial charge in [0.05, 0.1) is 34.7 Å². The normalized spacial score (nSPS) is 11.1. The number of rotatable bonds is 5. The molecule has 0 saturated heterocycles. The van der Waals surface area contributed by atoms with E-state index in [1.54, 1.807) is 16.3 Å². The molecule has 23 heavy (non-hydrogen) atoms. The van der Waals surface area contributed by atoms with E-state index in [1.165, 1.54) is 6.07 Å². The SMILES string of the molecule is Cc1nn(C)cc1-c1nnc(CCn2nc([N+](=O)[O-])cc2C)o1. The molecule has 0 saturated carbocycles. The number of hydrogen-bond acceptors (Lipinski definition) is 7. The predicted octanol–water partition coefficient (Wildman–Crippen LogP) is 1.43. The van der Waals surface area contributed by atoms with Crippen molar-refractivity contribution in [1.29, 1.82) is 0 Å². The van der Waals surface area contributed by atoms with Crippen molar-refractivity contribution in [3.63, 3.8) is 0 Å². The number of nitrogens with zero attached hydrogens (tertiary/aromatic N) is 7. The highest BCUT2D eigenvalue weighted by atomic mass is 16.6. The van der Waals surface area contributed by atoms with E-state index in [0.717, 1.165) is 11.3 Å². The summed E-state index contributed by atoms with van der Waals surface area (Å²) >= 11 is 0. The zero-order valence-corrected chi connectivity index (χ0v) is 12.9. The monoisotopic (exact) mass is 317 g/mol. The summed E-state index contributed by atoms with van der Waals surface area (Å²) in [5.74, 6) is 0.689. The largest absolute Gasteiger partial charge is 0.421 e. The minimum atomic E-state index is -0.514. The van der Waals surface area contributed by atoms with Crippen molar-refractivity contribution in [3.8, 4) is 11.5 Å². The molecule has 0 atom stereocenters. The molecule has 3 aromatic rings. The van der Waals surface area contributed by atoms with E-state index in [9.17, 15) is 10.1 Å². The van der Waals surface area contributed by atoms with Gasteiger partial charge < -0.3 is 14.5 Å². The predicted molar refractivity (Wildman–Crippen MR) is 78.6 cm³/mol. The molecule has 0 unspecified atom stereocenters. The summed E-state index contributed by atoms with van der Waals surface area (Å²) in [6, 6.07) is 1.43. The van der Waals surface area contributed by atoms with Crippen molar-refractivity contribution >= 4 is 5.82 Å². The zero-order valence-electron chi connectivity index (χ0n) is 12.9. The van der Waals surface area contributed by atoms with Crippen LogP contribution in [0.3, 0.4) is 0 Å². The third kappa shape index (κ3) is 2.96. The average Bonchev–Trinajstić information content (AvgIpc) is 3.16. The maximum absolute atomic E-state index is 10.7. The number of aryl methyl sites for hydroxylation is 5. The fourth-order valence-electron chi connectivity index (χ4n) is 2.28. The molecule has 10 heteroatoms. The van der Waals surface area contributed by atoms with Crippen molar-refractivity contribution in [2.45, 2.75) is 26.8 Å².